The number of nitrogens with zero attached hydrogens (tertiary/aromatic N) is 1. The Labute approximate surface area is 192 Å². The Bertz CT molecular complexity index is 1740. The maximum absolute atomic E-state index is 6.68. The molecule has 0 spiro atoms. The van der Waals surface area contributed by atoms with Crippen LogP contribution in [0.4, 0.5) is 0 Å². The summed E-state index contributed by atoms with van der Waals surface area (Å²) in [5, 5.41) is 4.83. The van der Waals surface area contributed by atoms with E-state index in [4.69, 9.17) is 9.40 Å². The molecular formula is C31H23NO. The lowest BCUT2D eigenvalue weighted by atomic mass is 9.75. The van der Waals surface area contributed by atoms with E-state index in [1.165, 1.54) is 38.4 Å². The fourth-order valence-corrected chi connectivity index (χ4v) is 5.66. The molecule has 0 saturated carbocycles. The van der Waals surface area contributed by atoms with E-state index in [-0.39, 0.29) is 5.41 Å². The summed E-state index contributed by atoms with van der Waals surface area (Å²) in [7, 11) is 0. The lowest BCUT2D eigenvalue weighted by molar-refractivity contribution is 0.643. The SMILES string of the molecule is Cc1cnc2c3c1oc1c(-c4ccccc4)ccc(c13)C(C)(C)c1cc3ccccc3cc1-2. The lowest BCUT2D eigenvalue weighted by Crippen LogP contribution is -2.19. The van der Waals surface area contributed by atoms with Gasteiger partial charge in [0.2, 0.25) is 0 Å². The second kappa shape index (κ2) is 6.32. The third kappa shape index (κ3) is 2.41. The van der Waals surface area contributed by atoms with Gasteiger partial charge in [0.15, 0.2) is 0 Å². The van der Waals surface area contributed by atoms with Crippen molar-refractivity contribution in [3.63, 3.8) is 0 Å². The molecule has 6 aromatic rings. The zero-order chi connectivity index (χ0) is 22.3. The van der Waals surface area contributed by atoms with Gasteiger partial charge in [0.1, 0.15) is 11.2 Å². The molecule has 0 radical (unpaired) electrons. The van der Waals surface area contributed by atoms with Crippen LogP contribution in [0.1, 0.15) is 30.5 Å². The van der Waals surface area contributed by atoms with E-state index in [9.17, 15) is 0 Å². The number of hydrogen-bond donors (Lipinski definition) is 0. The van der Waals surface area contributed by atoms with Crippen molar-refractivity contribution in [3.8, 4) is 22.4 Å². The Morgan fingerprint density at radius 2 is 1.42 bits per heavy atom. The van der Waals surface area contributed by atoms with Crippen LogP contribution in [0.2, 0.25) is 0 Å². The van der Waals surface area contributed by atoms with E-state index in [0.717, 1.165) is 33.4 Å². The Kier molecular flexibility index (Phi) is 3.57. The minimum absolute atomic E-state index is 0.210. The van der Waals surface area contributed by atoms with Crippen molar-refractivity contribution in [2.75, 3.05) is 0 Å². The topological polar surface area (TPSA) is 26.0 Å². The highest BCUT2D eigenvalue weighted by Crippen LogP contribution is 2.51. The van der Waals surface area contributed by atoms with E-state index in [0.29, 0.717) is 0 Å². The maximum atomic E-state index is 6.68. The quantitative estimate of drug-likeness (QED) is 0.264. The smallest absolute Gasteiger partial charge is 0.143 e. The summed E-state index contributed by atoms with van der Waals surface area (Å²) >= 11 is 0. The van der Waals surface area contributed by atoms with Crippen molar-refractivity contribution in [3.05, 3.63) is 102 Å². The maximum Gasteiger partial charge on any atom is 0.143 e. The Hall–Kier alpha value is -3.91. The molecule has 7 rings (SSSR count). The predicted octanol–water partition coefficient (Wildman–Crippen LogP) is 8.42. The molecule has 2 nitrogen and oxygen atoms in total. The van der Waals surface area contributed by atoms with Crippen LogP contribution in [0.3, 0.4) is 0 Å². The van der Waals surface area contributed by atoms with Crippen LogP contribution < -0.4 is 0 Å². The van der Waals surface area contributed by atoms with Gasteiger partial charge in [0.05, 0.1) is 11.1 Å². The zero-order valence-corrected chi connectivity index (χ0v) is 18.9. The van der Waals surface area contributed by atoms with Crippen LogP contribution in [0.25, 0.3) is 55.1 Å². The first-order valence-corrected chi connectivity index (χ1v) is 11.5. The van der Waals surface area contributed by atoms with Gasteiger partial charge in [-0.1, -0.05) is 80.6 Å². The molecule has 0 atom stereocenters. The van der Waals surface area contributed by atoms with Crippen LogP contribution in [0.15, 0.2) is 89.5 Å². The van der Waals surface area contributed by atoms with Crippen molar-refractivity contribution in [1.82, 2.24) is 4.98 Å². The molecule has 0 N–H and O–H groups in total. The minimum Gasteiger partial charge on any atom is -0.455 e. The molecule has 158 valence electrons. The van der Waals surface area contributed by atoms with Gasteiger partial charge in [-0.2, -0.15) is 0 Å². The van der Waals surface area contributed by atoms with E-state index in [2.05, 4.69) is 99.6 Å². The molecule has 1 aliphatic carbocycles. The number of furan rings is 1. The fourth-order valence-electron chi connectivity index (χ4n) is 5.66. The summed E-state index contributed by atoms with van der Waals surface area (Å²) in [6.45, 7) is 6.75. The van der Waals surface area contributed by atoms with Gasteiger partial charge < -0.3 is 4.42 Å². The zero-order valence-electron chi connectivity index (χ0n) is 18.9. The summed E-state index contributed by atoms with van der Waals surface area (Å²) in [4.78, 5) is 5.01. The van der Waals surface area contributed by atoms with Gasteiger partial charge in [-0.05, 0) is 46.5 Å². The average Bonchev–Trinajstić information content (AvgIpc) is 3.22. The molecule has 4 aromatic carbocycles. The van der Waals surface area contributed by atoms with E-state index >= 15 is 0 Å². The molecule has 0 bridgehead atoms. The summed E-state index contributed by atoms with van der Waals surface area (Å²) in [6, 6.07) is 28.3. The van der Waals surface area contributed by atoms with Crippen molar-refractivity contribution in [1.29, 1.82) is 0 Å². The van der Waals surface area contributed by atoms with Gasteiger partial charge in [0.25, 0.3) is 0 Å². The van der Waals surface area contributed by atoms with Gasteiger partial charge in [0, 0.05) is 33.7 Å². The van der Waals surface area contributed by atoms with E-state index in [1.54, 1.807) is 0 Å². The van der Waals surface area contributed by atoms with Gasteiger partial charge in [-0.3, -0.25) is 4.98 Å². The molecule has 1 aliphatic rings. The molecule has 0 saturated heterocycles. The number of benzene rings is 4. The Morgan fingerprint density at radius 3 is 2.21 bits per heavy atom. The Balaban J connectivity index is 1.71. The molecule has 0 unspecified atom stereocenters. The normalized spacial score (nSPS) is 14.2. The first kappa shape index (κ1) is 18.6. The van der Waals surface area contributed by atoms with Crippen molar-refractivity contribution < 1.29 is 4.42 Å². The van der Waals surface area contributed by atoms with Crippen molar-refractivity contribution in [2.45, 2.75) is 26.2 Å². The van der Waals surface area contributed by atoms with Crippen LogP contribution in [-0.4, -0.2) is 4.98 Å². The highest BCUT2D eigenvalue weighted by molar-refractivity contribution is 6.18. The number of hydrogen-bond acceptors (Lipinski definition) is 2. The van der Waals surface area contributed by atoms with Crippen LogP contribution in [-0.2, 0) is 5.41 Å². The average molecular weight is 426 g/mol. The number of fused-ring (bicyclic) bond motifs is 3. The summed E-state index contributed by atoms with van der Waals surface area (Å²) in [6.07, 6.45) is 1.96. The highest BCUT2D eigenvalue weighted by Gasteiger charge is 2.35. The van der Waals surface area contributed by atoms with Gasteiger partial charge in [-0.25, -0.2) is 0 Å². The molecular weight excluding hydrogens is 402 g/mol. The molecule has 2 heteroatoms. The molecule has 0 fully saturated rings. The predicted molar refractivity (Wildman–Crippen MR) is 137 cm³/mol. The summed E-state index contributed by atoms with van der Waals surface area (Å²) in [5.74, 6) is 0. The number of aryl methyl sites for hydroxylation is 1. The second-order valence-electron chi connectivity index (χ2n) is 9.70. The van der Waals surface area contributed by atoms with Crippen molar-refractivity contribution >= 4 is 32.7 Å². The van der Waals surface area contributed by atoms with E-state index < -0.39 is 0 Å². The molecule has 33 heavy (non-hydrogen) atoms. The number of aromatic nitrogens is 1. The standard InChI is InChI=1S/C31H23NO/c1-18-17-32-28-23-15-20-11-7-8-12-21(20)16-25(23)31(2,3)24-14-13-22(19-9-5-4-6-10-19)30-26(24)27(28)29(18)33-30/h4-17H,1-3H3. The monoisotopic (exact) mass is 425 g/mol. The van der Waals surface area contributed by atoms with Crippen molar-refractivity contribution in [2.24, 2.45) is 0 Å². The van der Waals surface area contributed by atoms with Crippen LogP contribution in [0, 0.1) is 6.92 Å². The largest absolute Gasteiger partial charge is 0.455 e. The molecule has 2 aromatic heterocycles. The molecule has 2 heterocycles. The van der Waals surface area contributed by atoms with Crippen LogP contribution in [0.5, 0.6) is 0 Å². The second-order valence-corrected chi connectivity index (χ2v) is 9.70. The molecule has 0 amide bonds. The fraction of sp³-hybridized carbons (Fsp3) is 0.129. The Morgan fingerprint density at radius 1 is 0.697 bits per heavy atom. The summed E-state index contributed by atoms with van der Waals surface area (Å²) < 4.78 is 6.68. The van der Waals surface area contributed by atoms with Gasteiger partial charge >= 0.3 is 0 Å². The third-order valence-electron chi connectivity index (χ3n) is 7.39. The first-order chi connectivity index (χ1) is 16.0. The highest BCUT2D eigenvalue weighted by atomic mass is 16.3. The van der Waals surface area contributed by atoms with E-state index in [1.807, 2.05) is 6.20 Å². The number of pyridine rings is 1. The lowest BCUT2D eigenvalue weighted by Gasteiger charge is -2.28. The summed E-state index contributed by atoms with van der Waals surface area (Å²) in [5.41, 5.74) is 9.87. The first-order valence-electron chi connectivity index (χ1n) is 11.5. The van der Waals surface area contributed by atoms with Crippen LogP contribution >= 0.6 is 0 Å². The van der Waals surface area contributed by atoms with Gasteiger partial charge in [-0.15, -0.1) is 0 Å². The minimum atomic E-state index is -0.210. The molecule has 0 aliphatic heterocycles. The number of rotatable bonds is 1. The third-order valence-corrected chi connectivity index (χ3v) is 7.39.